The van der Waals surface area contributed by atoms with E-state index >= 15 is 0 Å². The summed E-state index contributed by atoms with van der Waals surface area (Å²) in [7, 11) is -3.48. The van der Waals surface area contributed by atoms with E-state index in [0.717, 1.165) is 6.42 Å². The Morgan fingerprint density at radius 1 is 1.50 bits per heavy atom. The Bertz CT molecular complexity index is 357. The molecule has 0 radical (unpaired) electrons. The number of esters is 1. The van der Waals surface area contributed by atoms with Crippen molar-refractivity contribution in [3.05, 3.63) is 0 Å². The maximum absolute atomic E-state index is 11.7. The van der Waals surface area contributed by atoms with Gasteiger partial charge in [-0.2, -0.15) is 8.42 Å². The van der Waals surface area contributed by atoms with Crippen LogP contribution in [0.25, 0.3) is 0 Å². The van der Waals surface area contributed by atoms with Crippen LogP contribution in [-0.4, -0.2) is 32.9 Å². The molecule has 0 spiro atoms. The van der Waals surface area contributed by atoms with E-state index < -0.39 is 21.6 Å². The number of hydrogen-bond donors (Lipinski definition) is 0. The topological polar surface area (TPSA) is 69.7 Å². The number of hydrogen-bond acceptors (Lipinski definition) is 5. The number of rotatable bonds is 4. The molecule has 0 aromatic rings. The summed E-state index contributed by atoms with van der Waals surface area (Å²) >= 11 is 0. The Balaban J connectivity index is 2.53. The van der Waals surface area contributed by atoms with E-state index in [1.54, 1.807) is 13.8 Å². The number of ether oxygens (including phenoxy) is 1. The Hall–Kier alpha value is -0.620. The molecule has 94 valence electrons. The van der Waals surface area contributed by atoms with Crippen LogP contribution in [0, 0.1) is 5.41 Å². The van der Waals surface area contributed by atoms with Crippen LogP contribution in [0.4, 0.5) is 0 Å². The molecule has 0 bridgehead atoms. The zero-order valence-corrected chi connectivity index (χ0v) is 10.7. The summed E-state index contributed by atoms with van der Waals surface area (Å²) in [5.74, 6) is -0.596. The van der Waals surface area contributed by atoms with Crippen molar-refractivity contribution >= 4 is 16.1 Å². The lowest BCUT2D eigenvalue weighted by atomic mass is 9.88. The second-order valence-corrected chi connectivity index (χ2v) is 6.35. The van der Waals surface area contributed by atoms with Crippen LogP contribution < -0.4 is 0 Å². The molecule has 0 aromatic heterocycles. The first-order valence-corrected chi connectivity index (χ1v) is 6.93. The largest absolute Gasteiger partial charge is 0.458 e. The van der Waals surface area contributed by atoms with Crippen LogP contribution in [0.1, 0.15) is 33.6 Å². The van der Waals surface area contributed by atoms with Gasteiger partial charge in [0.15, 0.2) is 0 Å². The molecule has 0 amide bonds. The molecule has 1 rings (SSSR count). The second-order valence-electron chi connectivity index (χ2n) is 4.67. The van der Waals surface area contributed by atoms with E-state index in [-0.39, 0.29) is 18.3 Å². The molecule has 1 saturated heterocycles. The molecule has 1 fully saturated rings. The van der Waals surface area contributed by atoms with Gasteiger partial charge in [0, 0.05) is 0 Å². The van der Waals surface area contributed by atoms with E-state index in [2.05, 4.69) is 4.18 Å². The highest BCUT2D eigenvalue weighted by molar-refractivity contribution is 7.87. The predicted octanol–water partition coefficient (Wildman–Crippen LogP) is 1.08. The fourth-order valence-corrected chi connectivity index (χ4v) is 2.68. The summed E-state index contributed by atoms with van der Waals surface area (Å²) in [6.45, 7) is 5.51. The third-order valence-electron chi connectivity index (χ3n) is 2.52. The smallest absolute Gasteiger partial charge is 0.311 e. The lowest BCUT2D eigenvalue weighted by Crippen LogP contribution is -2.32. The van der Waals surface area contributed by atoms with Crippen molar-refractivity contribution in [2.24, 2.45) is 5.41 Å². The minimum Gasteiger partial charge on any atom is -0.458 e. The van der Waals surface area contributed by atoms with Crippen LogP contribution in [0.5, 0.6) is 0 Å². The van der Waals surface area contributed by atoms with Crippen molar-refractivity contribution < 1.29 is 22.1 Å². The molecule has 1 unspecified atom stereocenters. The number of carbonyl (C=O) groups is 1. The van der Waals surface area contributed by atoms with Crippen molar-refractivity contribution in [2.75, 3.05) is 12.4 Å². The van der Waals surface area contributed by atoms with E-state index in [0.29, 0.717) is 6.42 Å². The van der Waals surface area contributed by atoms with E-state index in [1.807, 2.05) is 6.92 Å². The molecule has 0 saturated carbocycles. The van der Waals surface area contributed by atoms with Crippen LogP contribution >= 0.6 is 0 Å². The molecule has 5 nitrogen and oxygen atoms in total. The average Bonchev–Trinajstić information content (AvgIpc) is 2.45. The molecule has 1 heterocycles. The molecule has 0 aliphatic carbocycles. The van der Waals surface area contributed by atoms with Crippen LogP contribution in [0.2, 0.25) is 0 Å². The van der Waals surface area contributed by atoms with E-state index in [4.69, 9.17) is 4.74 Å². The molecule has 16 heavy (non-hydrogen) atoms. The Kier molecular flexibility index (Phi) is 3.96. The molecule has 6 heteroatoms. The summed E-state index contributed by atoms with van der Waals surface area (Å²) in [6, 6.07) is 0. The third kappa shape index (κ3) is 3.45. The highest BCUT2D eigenvalue weighted by Crippen LogP contribution is 2.25. The molecule has 1 aliphatic rings. The minimum atomic E-state index is -3.48. The van der Waals surface area contributed by atoms with Gasteiger partial charge in [-0.15, -0.1) is 0 Å². The van der Waals surface area contributed by atoms with Gasteiger partial charge in [-0.25, -0.2) is 0 Å². The normalized spacial score (nSPS) is 24.3. The summed E-state index contributed by atoms with van der Waals surface area (Å²) < 4.78 is 31.6. The predicted molar refractivity (Wildman–Crippen MR) is 58.3 cm³/mol. The summed E-state index contributed by atoms with van der Waals surface area (Å²) in [4.78, 5) is 11.7. The highest BCUT2D eigenvalue weighted by atomic mass is 32.2. The van der Waals surface area contributed by atoms with Gasteiger partial charge >= 0.3 is 5.97 Å². The lowest BCUT2D eigenvalue weighted by Gasteiger charge is -2.23. The van der Waals surface area contributed by atoms with Crippen LogP contribution in [0.3, 0.4) is 0 Å². The van der Waals surface area contributed by atoms with Gasteiger partial charge in [0.1, 0.15) is 18.5 Å². The van der Waals surface area contributed by atoms with Gasteiger partial charge in [0.2, 0.25) is 0 Å². The summed E-state index contributed by atoms with van der Waals surface area (Å²) in [6.07, 6.45) is 0.932. The summed E-state index contributed by atoms with van der Waals surface area (Å²) in [5.41, 5.74) is -0.568. The van der Waals surface area contributed by atoms with E-state index in [9.17, 15) is 13.2 Å². The fraction of sp³-hybridized carbons (Fsp3) is 0.900. The van der Waals surface area contributed by atoms with E-state index in [1.165, 1.54) is 0 Å². The van der Waals surface area contributed by atoms with Crippen molar-refractivity contribution in [3.63, 3.8) is 0 Å². The molecular weight excluding hydrogens is 232 g/mol. The first kappa shape index (κ1) is 13.4. The van der Waals surface area contributed by atoms with Gasteiger partial charge < -0.3 is 4.74 Å². The van der Waals surface area contributed by atoms with Gasteiger partial charge in [-0.1, -0.05) is 13.3 Å². The van der Waals surface area contributed by atoms with Crippen molar-refractivity contribution in [1.29, 1.82) is 0 Å². The second kappa shape index (κ2) is 4.71. The fourth-order valence-electron chi connectivity index (χ4n) is 1.61. The third-order valence-corrected chi connectivity index (χ3v) is 3.80. The molecular formula is C10H18O5S. The standard InChI is InChI=1S/C10H18O5S/c1-4-5-10(2,3)9(11)15-8-6-14-16(12,13)7-8/h8H,4-7H2,1-3H3. The molecule has 1 atom stereocenters. The van der Waals surface area contributed by atoms with Crippen molar-refractivity contribution in [3.8, 4) is 0 Å². The number of carbonyl (C=O) groups excluding carboxylic acids is 1. The van der Waals surface area contributed by atoms with Gasteiger partial charge in [-0.05, 0) is 20.3 Å². The van der Waals surface area contributed by atoms with Gasteiger partial charge in [0.25, 0.3) is 10.1 Å². The highest BCUT2D eigenvalue weighted by Gasteiger charge is 2.36. The first-order valence-electron chi connectivity index (χ1n) is 5.35. The zero-order valence-electron chi connectivity index (χ0n) is 9.86. The monoisotopic (exact) mass is 250 g/mol. The Morgan fingerprint density at radius 3 is 2.56 bits per heavy atom. The van der Waals surface area contributed by atoms with Crippen molar-refractivity contribution in [2.45, 2.75) is 39.7 Å². The Labute approximate surface area is 96.2 Å². The SMILES string of the molecule is CCCC(C)(C)C(=O)OC1COS(=O)(=O)C1. The quantitative estimate of drug-likeness (QED) is 0.551. The Morgan fingerprint density at radius 2 is 2.12 bits per heavy atom. The zero-order chi connectivity index (χ0) is 12.4. The van der Waals surface area contributed by atoms with Crippen LogP contribution in [0.15, 0.2) is 0 Å². The maximum atomic E-state index is 11.7. The minimum absolute atomic E-state index is 0.0592. The maximum Gasteiger partial charge on any atom is 0.311 e. The first-order chi connectivity index (χ1) is 7.27. The molecule has 0 aromatic carbocycles. The van der Waals surface area contributed by atoms with Crippen LogP contribution in [-0.2, 0) is 23.8 Å². The van der Waals surface area contributed by atoms with Crippen molar-refractivity contribution in [1.82, 2.24) is 0 Å². The van der Waals surface area contributed by atoms with Gasteiger partial charge in [-0.3, -0.25) is 8.98 Å². The molecule has 0 N–H and O–H groups in total. The average molecular weight is 250 g/mol. The molecule has 1 aliphatic heterocycles. The summed E-state index contributed by atoms with van der Waals surface area (Å²) in [5, 5.41) is 0. The van der Waals surface area contributed by atoms with Gasteiger partial charge in [0.05, 0.1) is 5.41 Å². The lowest BCUT2D eigenvalue weighted by molar-refractivity contribution is -0.159.